The van der Waals surface area contributed by atoms with Gasteiger partial charge in [0.05, 0.1) is 11.6 Å². The lowest BCUT2D eigenvalue weighted by Crippen LogP contribution is -2.47. The van der Waals surface area contributed by atoms with Gasteiger partial charge in [0.15, 0.2) is 0 Å². The van der Waals surface area contributed by atoms with Crippen LogP contribution in [0.2, 0.25) is 0 Å². The van der Waals surface area contributed by atoms with Crippen LogP contribution >= 0.6 is 11.8 Å². The highest BCUT2D eigenvalue weighted by Crippen LogP contribution is 2.21. The number of sulfonamides is 1. The number of aromatic nitrogens is 1. The summed E-state index contributed by atoms with van der Waals surface area (Å²) in [6, 6.07) is 9.30. The second-order valence-electron chi connectivity index (χ2n) is 6.54. The minimum atomic E-state index is -3.48. The Hall–Kier alpha value is -1.68. The molecule has 2 heterocycles. The van der Waals surface area contributed by atoms with Gasteiger partial charge in [0.1, 0.15) is 16.5 Å². The maximum Gasteiger partial charge on any atom is 0.244 e. The summed E-state index contributed by atoms with van der Waals surface area (Å²) in [6.45, 7) is 3.00. The van der Waals surface area contributed by atoms with Crippen molar-refractivity contribution in [2.24, 2.45) is 0 Å². The number of pyridine rings is 1. The van der Waals surface area contributed by atoms with E-state index in [0.29, 0.717) is 25.4 Å². The highest BCUT2D eigenvalue weighted by Gasteiger charge is 2.27. The average molecular weight is 426 g/mol. The number of likely N-dealkylation sites (N-methyl/N-ethyl adjacent to an activating group) is 1. The highest BCUT2D eigenvalue weighted by atomic mass is 32.2. The number of ether oxygens (including phenoxy) is 1. The fourth-order valence-electron chi connectivity index (χ4n) is 2.74. The highest BCUT2D eigenvalue weighted by molar-refractivity contribution is 7.99. The molecule has 0 atom stereocenters. The summed E-state index contributed by atoms with van der Waals surface area (Å²) in [4.78, 5) is 6.64. The second-order valence-corrected chi connectivity index (χ2v) is 9.60. The smallest absolute Gasteiger partial charge is 0.244 e. The average Bonchev–Trinajstić information content (AvgIpc) is 2.70. The summed E-state index contributed by atoms with van der Waals surface area (Å²) in [5, 5.41) is 0.777. The van der Waals surface area contributed by atoms with Crippen molar-refractivity contribution in [3.05, 3.63) is 48.4 Å². The first-order chi connectivity index (χ1) is 13.4. The van der Waals surface area contributed by atoms with E-state index >= 15 is 0 Å². The second kappa shape index (κ2) is 9.69. The molecule has 1 saturated heterocycles. The normalized spacial score (nSPS) is 16.2. The van der Waals surface area contributed by atoms with Crippen LogP contribution in [0.25, 0.3) is 0 Å². The Bertz CT molecular complexity index is 853. The number of benzene rings is 1. The number of rotatable bonds is 8. The molecule has 0 spiro atoms. The SMILES string of the molecule is CN1CCN(S(=O)(=O)c2ccc(SCCCOc3ccc(F)cc3)nc2)CC1. The molecule has 1 aliphatic rings. The fourth-order valence-corrected chi connectivity index (χ4v) is 4.87. The molecule has 152 valence electrons. The third kappa shape index (κ3) is 5.66. The van der Waals surface area contributed by atoms with Crippen LogP contribution in [0.3, 0.4) is 0 Å². The zero-order chi connectivity index (χ0) is 20.0. The first-order valence-electron chi connectivity index (χ1n) is 9.11. The molecule has 1 aromatic carbocycles. The monoisotopic (exact) mass is 425 g/mol. The minimum absolute atomic E-state index is 0.237. The third-order valence-electron chi connectivity index (χ3n) is 4.43. The van der Waals surface area contributed by atoms with Crippen molar-refractivity contribution in [1.29, 1.82) is 0 Å². The van der Waals surface area contributed by atoms with Crippen LogP contribution in [0.15, 0.2) is 52.5 Å². The van der Waals surface area contributed by atoms with Crippen molar-refractivity contribution < 1.29 is 17.5 Å². The van der Waals surface area contributed by atoms with E-state index in [1.807, 2.05) is 7.05 Å². The first-order valence-corrected chi connectivity index (χ1v) is 11.5. The van der Waals surface area contributed by atoms with Crippen molar-refractivity contribution >= 4 is 21.8 Å². The van der Waals surface area contributed by atoms with E-state index in [0.717, 1.165) is 30.3 Å². The molecule has 9 heteroatoms. The molecule has 1 aromatic heterocycles. The lowest BCUT2D eigenvalue weighted by Gasteiger charge is -2.31. The Morgan fingerprint density at radius 2 is 1.82 bits per heavy atom. The van der Waals surface area contributed by atoms with Gasteiger partial charge >= 0.3 is 0 Å². The Labute approximate surface area is 169 Å². The number of hydrogen-bond acceptors (Lipinski definition) is 6. The van der Waals surface area contributed by atoms with Gasteiger partial charge in [-0.25, -0.2) is 17.8 Å². The van der Waals surface area contributed by atoms with Gasteiger partial charge in [-0.1, -0.05) is 0 Å². The van der Waals surface area contributed by atoms with Gasteiger partial charge in [0.2, 0.25) is 10.0 Å². The van der Waals surface area contributed by atoms with E-state index in [4.69, 9.17) is 4.74 Å². The zero-order valence-corrected chi connectivity index (χ0v) is 17.4. The molecular formula is C19H24FN3O3S2. The van der Waals surface area contributed by atoms with E-state index in [2.05, 4.69) is 9.88 Å². The maximum absolute atomic E-state index is 12.8. The Morgan fingerprint density at radius 3 is 2.46 bits per heavy atom. The molecule has 0 radical (unpaired) electrons. The fraction of sp³-hybridized carbons (Fsp3) is 0.421. The van der Waals surface area contributed by atoms with Crippen LogP contribution < -0.4 is 4.74 Å². The molecule has 0 amide bonds. The standard InChI is InChI=1S/C19H24FN3O3S2/c1-22-9-11-23(12-10-22)28(24,25)18-7-8-19(21-15-18)27-14-2-13-26-17-5-3-16(20)4-6-17/h3-8,15H,2,9-14H2,1H3. The number of thioether (sulfide) groups is 1. The molecule has 0 N–H and O–H groups in total. The van der Waals surface area contributed by atoms with E-state index in [1.54, 1.807) is 36.0 Å². The Morgan fingerprint density at radius 1 is 1.11 bits per heavy atom. The lowest BCUT2D eigenvalue weighted by molar-refractivity contribution is 0.222. The number of hydrogen-bond donors (Lipinski definition) is 0. The zero-order valence-electron chi connectivity index (χ0n) is 15.8. The van der Waals surface area contributed by atoms with Crippen LogP contribution in [0.4, 0.5) is 4.39 Å². The number of halogens is 1. The van der Waals surface area contributed by atoms with Crippen LogP contribution in [0.5, 0.6) is 5.75 Å². The molecule has 0 unspecified atom stereocenters. The molecule has 1 fully saturated rings. The summed E-state index contributed by atoms with van der Waals surface area (Å²) < 4.78 is 45.3. The number of piperazine rings is 1. The van der Waals surface area contributed by atoms with E-state index in [1.165, 1.54) is 22.6 Å². The summed E-state index contributed by atoms with van der Waals surface area (Å²) >= 11 is 1.55. The molecule has 6 nitrogen and oxygen atoms in total. The van der Waals surface area contributed by atoms with E-state index in [9.17, 15) is 12.8 Å². The van der Waals surface area contributed by atoms with E-state index in [-0.39, 0.29) is 10.7 Å². The lowest BCUT2D eigenvalue weighted by atomic mass is 10.3. The van der Waals surface area contributed by atoms with Crippen molar-refractivity contribution in [3.8, 4) is 5.75 Å². The van der Waals surface area contributed by atoms with Gasteiger partial charge in [-0.2, -0.15) is 4.31 Å². The van der Waals surface area contributed by atoms with Crippen molar-refractivity contribution in [1.82, 2.24) is 14.2 Å². The molecule has 3 rings (SSSR count). The van der Waals surface area contributed by atoms with Crippen LogP contribution in [0, 0.1) is 5.82 Å². The van der Waals surface area contributed by atoms with Gasteiger partial charge in [-0.15, -0.1) is 11.8 Å². The van der Waals surface area contributed by atoms with E-state index < -0.39 is 10.0 Å². The summed E-state index contributed by atoms with van der Waals surface area (Å²) in [5.74, 6) is 1.15. The minimum Gasteiger partial charge on any atom is -0.494 e. The summed E-state index contributed by atoms with van der Waals surface area (Å²) in [5.41, 5.74) is 0. The predicted molar refractivity (Wildman–Crippen MR) is 108 cm³/mol. The molecular weight excluding hydrogens is 401 g/mol. The maximum atomic E-state index is 12.8. The largest absolute Gasteiger partial charge is 0.494 e. The molecule has 0 aliphatic carbocycles. The van der Waals surface area contributed by atoms with Crippen molar-refractivity contribution in [3.63, 3.8) is 0 Å². The van der Waals surface area contributed by atoms with Crippen LogP contribution in [-0.2, 0) is 10.0 Å². The van der Waals surface area contributed by atoms with Gasteiger partial charge in [-0.3, -0.25) is 0 Å². The molecule has 0 bridgehead atoms. The molecule has 28 heavy (non-hydrogen) atoms. The van der Waals surface area contributed by atoms with Gasteiger partial charge in [0, 0.05) is 38.1 Å². The summed E-state index contributed by atoms with van der Waals surface area (Å²) in [7, 11) is -1.49. The molecule has 1 aliphatic heterocycles. The number of nitrogens with zero attached hydrogens (tertiary/aromatic N) is 3. The molecule has 2 aromatic rings. The van der Waals surface area contributed by atoms with Crippen molar-refractivity contribution in [2.75, 3.05) is 45.6 Å². The van der Waals surface area contributed by atoms with Crippen LogP contribution in [0.1, 0.15) is 6.42 Å². The predicted octanol–water partition coefficient (Wildman–Crippen LogP) is 2.72. The van der Waals surface area contributed by atoms with Crippen LogP contribution in [-0.4, -0.2) is 68.2 Å². The third-order valence-corrected chi connectivity index (χ3v) is 7.34. The topological polar surface area (TPSA) is 62.7 Å². The van der Waals surface area contributed by atoms with Crippen molar-refractivity contribution in [2.45, 2.75) is 16.3 Å². The Kier molecular flexibility index (Phi) is 7.28. The van der Waals surface area contributed by atoms with Gasteiger partial charge < -0.3 is 9.64 Å². The summed E-state index contributed by atoms with van der Waals surface area (Å²) in [6.07, 6.45) is 2.23. The van der Waals surface area contributed by atoms with Gasteiger partial charge in [0.25, 0.3) is 0 Å². The first kappa shape index (κ1) is 21.0. The molecule has 0 saturated carbocycles. The Balaban J connectivity index is 1.44. The quantitative estimate of drug-likeness (QED) is 0.479. The van der Waals surface area contributed by atoms with Gasteiger partial charge in [-0.05, 0) is 49.9 Å².